The van der Waals surface area contributed by atoms with Crippen molar-refractivity contribution in [3.8, 4) is 0 Å². The molecule has 1 aromatic heterocycles. The van der Waals surface area contributed by atoms with Crippen LogP contribution in [0.5, 0.6) is 0 Å². The van der Waals surface area contributed by atoms with Crippen LogP contribution in [0.15, 0.2) is 42.6 Å². The second-order valence-corrected chi connectivity index (χ2v) is 5.56. The highest BCUT2D eigenvalue weighted by atomic mass is 35.5. The smallest absolute Gasteiger partial charge is 0.272 e. The quantitative estimate of drug-likeness (QED) is 0.935. The summed E-state index contributed by atoms with van der Waals surface area (Å²) in [6.07, 6.45) is 1.65. The summed E-state index contributed by atoms with van der Waals surface area (Å²) in [7, 11) is 1.79. The molecule has 5 nitrogen and oxygen atoms in total. The maximum atomic E-state index is 12.6. The van der Waals surface area contributed by atoms with Crippen molar-refractivity contribution in [1.82, 2.24) is 14.7 Å². The Hall–Kier alpha value is -1.85. The van der Waals surface area contributed by atoms with E-state index in [-0.39, 0.29) is 18.3 Å². The van der Waals surface area contributed by atoms with Gasteiger partial charge in [-0.2, -0.15) is 5.10 Å². The molecule has 1 aliphatic rings. The van der Waals surface area contributed by atoms with Gasteiger partial charge in [-0.15, -0.1) is 12.4 Å². The van der Waals surface area contributed by atoms with Gasteiger partial charge in [-0.25, -0.2) is 0 Å². The third kappa shape index (κ3) is 3.00. The first-order valence-corrected chi connectivity index (χ1v) is 7.23. The molecule has 1 fully saturated rings. The highest BCUT2D eigenvalue weighted by Crippen LogP contribution is 2.32. The molecule has 1 amide bonds. The summed E-state index contributed by atoms with van der Waals surface area (Å²) in [6.45, 7) is 2.02. The lowest BCUT2D eigenvalue weighted by Gasteiger charge is -2.16. The minimum Gasteiger partial charge on any atom is -0.336 e. The van der Waals surface area contributed by atoms with Gasteiger partial charge in [-0.05, 0) is 24.1 Å². The number of carbonyl (C=O) groups excluding carboxylic acids is 1. The maximum absolute atomic E-state index is 12.6. The van der Waals surface area contributed by atoms with Crippen molar-refractivity contribution in [3.05, 3.63) is 53.9 Å². The first kappa shape index (κ1) is 16.5. The average molecular weight is 321 g/mol. The van der Waals surface area contributed by atoms with E-state index in [0.29, 0.717) is 30.6 Å². The molecule has 2 N–H and O–H groups in total. The van der Waals surface area contributed by atoms with Crippen LogP contribution in [0.2, 0.25) is 0 Å². The van der Waals surface area contributed by atoms with Crippen LogP contribution < -0.4 is 5.73 Å². The lowest BCUT2D eigenvalue weighted by molar-refractivity contribution is 0.0775. The molecule has 3 rings (SSSR count). The molecular weight excluding hydrogens is 300 g/mol. The number of carbonyl (C=O) groups is 1. The fourth-order valence-corrected chi connectivity index (χ4v) is 3.10. The third-order valence-corrected chi connectivity index (χ3v) is 4.30. The van der Waals surface area contributed by atoms with Gasteiger partial charge in [0.15, 0.2) is 0 Å². The Kier molecular flexibility index (Phi) is 5.21. The minimum absolute atomic E-state index is 0. The van der Waals surface area contributed by atoms with Gasteiger partial charge >= 0.3 is 0 Å². The molecule has 0 spiro atoms. The number of amides is 1. The summed E-state index contributed by atoms with van der Waals surface area (Å²) in [5.74, 6) is 0.657. The summed E-state index contributed by atoms with van der Waals surface area (Å²) in [5, 5.41) is 4.07. The van der Waals surface area contributed by atoms with Crippen molar-refractivity contribution in [1.29, 1.82) is 0 Å². The number of nitrogens with two attached hydrogens (primary N) is 1. The molecule has 1 aromatic carbocycles. The van der Waals surface area contributed by atoms with Gasteiger partial charge < -0.3 is 10.6 Å². The van der Waals surface area contributed by atoms with E-state index in [0.717, 1.165) is 6.54 Å². The SMILES string of the molecule is Cl.Cn1nccc1C(=O)N1C[C@@H](CN)[C@H](c2ccccc2)C1. The molecule has 22 heavy (non-hydrogen) atoms. The fraction of sp³-hybridized carbons (Fsp3) is 0.375. The number of hydrogen-bond acceptors (Lipinski definition) is 3. The molecule has 2 aromatic rings. The van der Waals surface area contributed by atoms with Crippen LogP contribution in [0, 0.1) is 5.92 Å². The number of aromatic nitrogens is 2. The zero-order valence-electron chi connectivity index (χ0n) is 12.6. The Balaban J connectivity index is 0.00000176. The van der Waals surface area contributed by atoms with Crippen LogP contribution in [0.1, 0.15) is 22.0 Å². The van der Waals surface area contributed by atoms with E-state index in [1.807, 2.05) is 23.1 Å². The molecule has 118 valence electrons. The van der Waals surface area contributed by atoms with Crippen LogP contribution in [0.25, 0.3) is 0 Å². The van der Waals surface area contributed by atoms with E-state index in [1.54, 1.807) is 24.0 Å². The molecule has 0 bridgehead atoms. The fourth-order valence-electron chi connectivity index (χ4n) is 3.10. The Morgan fingerprint density at radius 2 is 2.00 bits per heavy atom. The topological polar surface area (TPSA) is 64.2 Å². The minimum atomic E-state index is 0. The Morgan fingerprint density at radius 1 is 1.27 bits per heavy atom. The second kappa shape index (κ2) is 6.94. The monoisotopic (exact) mass is 320 g/mol. The van der Waals surface area contributed by atoms with E-state index in [9.17, 15) is 4.79 Å². The predicted molar refractivity (Wildman–Crippen MR) is 88.1 cm³/mol. The lowest BCUT2D eigenvalue weighted by atomic mass is 9.89. The van der Waals surface area contributed by atoms with Crippen LogP contribution in [-0.4, -0.2) is 40.2 Å². The molecular formula is C16H21ClN4O. The number of aryl methyl sites for hydroxylation is 1. The van der Waals surface area contributed by atoms with E-state index < -0.39 is 0 Å². The van der Waals surface area contributed by atoms with Gasteiger partial charge in [0, 0.05) is 32.3 Å². The second-order valence-electron chi connectivity index (χ2n) is 5.56. The van der Waals surface area contributed by atoms with Gasteiger partial charge in [0.05, 0.1) is 0 Å². The number of rotatable bonds is 3. The Labute approximate surface area is 136 Å². The van der Waals surface area contributed by atoms with Crippen LogP contribution >= 0.6 is 12.4 Å². The van der Waals surface area contributed by atoms with E-state index >= 15 is 0 Å². The first-order chi connectivity index (χ1) is 10.2. The summed E-state index contributed by atoms with van der Waals surface area (Å²) in [5.41, 5.74) is 7.80. The van der Waals surface area contributed by atoms with Gasteiger partial charge in [0.2, 0.25) is 0 Å². The van der Waals surface area contributed by atoms with Gasteiger partial charge in [0.25, 0.3) is 5.91 Å². The number of halogens is 1. The number of nitrogens with zero attached hydrogens (tertiary/aromatic N) is 3. The molecule has 0 aliphatic carbocycles. The predicted octanol–water partition coefficient (Wildman–Crippen LogP) is 1.66. The Bertz CT molecular complexity index is 628. The van der Waals surface area contributed by atoms with Crippen molar-refractivity contribution in [2.24, 2.45) is 18.7 Å². The molecule has 0 unspecified atom stereocenters. The lowest BCUT2D eigenvalue weighted by Crippen LogP contribution is -2.31. The highest BCUT2D eigenvalue weighted by Gasteiger charge is 2.36. The van der Waals surface area contributed by atoms with Crippen molar-refractivity contribution >= 4 is 18.3 Å². The molecule has 6 heteroatoms. The average Bonchev–Trinajstić information content (AvgIpc) is 3.13. The first-order valence-electron chi connectivity index (χ1n) is 7.23. The largest absolute Gasteiger partial charge is 0.336 e. The number of benzene rings is 1. The van der Waals surface area contributed by atoms with E-state index in [4.69, 9.17) is 5.73 Å². The van der Waals surface area contributed by atoms with Crippen molar-refractivity contribution in [2.45, 2.75) is 5.92 Å². The third-order valence-electron chi connectivity index (χ3n) is 4.30. The van der Waals surface area contributed by atoms with Crippen molar-refractivity contribution < 1.29 is 4.79 Å². The maximum Gasteiger partial charge on any atom is 0.272 e. The normalized spacial score (nSPS) is 20.7. The van der Waals surface area contributed by atoms with E-state index in [1.165, 1.54) is 5.56 Å². The molecule has 0 radical (unpaired) electrons. The zero-order valence-corrected chi connectivity index (χ0v) is 13.4. The van der Waals surface area contributed by atoms with Gasteiger partial charge in [-0.3, -0.25) is 9.48 Å². The van der Waals surface area contributed by atoms with Gasteiger partial charge in [0.1, 0.15) is 5.69 Å². The zero-order chi connectivity index (χ0) is 14.8. The van der Waals surface area contributed by atoms with Crippen LogP contribution in [-0.2, 0) is 7.05 Å². The summed E-state index contributed by atoms with van der Waals surface area (Å²) >= 11 is 0. The summed E-state index contributed by atoms with van der Waals surface area (Å²) < 4.78 is 1.62. The molecule has 2 heterocycles. The standard InChI is InChI=1S/C16H20N4O.ClH/c1-19-15(7-8-18-19)16(21)20-10-13(9-17)14(11-20)12-5-3-2-4-6-12;/h2-8,13-14H,9-11,17H2,1H3;1H/t13-,14+;/m1./s1. The summed E-state index contributed by atoms with van der Waals surface area (Å²) in [6, 6.07) is 12.1. The molecule has 1 aliphatic heterocycles. The van der Waals surface area contributed by atoms with Gasteiger partial charge in [-0.1, -0.05) is 30.3 Å². The highest BCUT2D eigenvalue weighted by molar-refractivity contribution is 5.92. The number of hydrogen-bond donors (Lipinski definition) is 1. The molecule has 0 saturated carbocycles. The summed E-state index contributed by atoms with van der Waals surface area (Å²) in [4.78, 5) is 14.5. The molecule has 1 saturated heterocycles. The van der Waals surface area contributed by atoms with Crippen molar-refractivity contribution in [3.63, 3.8) is 0 Å². The van der Waals surface area contributed by atoms with Crippen molar-refractivity contribution in [2.75, 3.05) is 19.6 Å². The van der Waals surface area contributed by atoms with Crippen LogP contribution in [0.4, 0.5) is 0 Å². The number of likely N-dealkylation sites (tertiary alicyclic amines) is 1. The molecule has 2 atom stereocenters. The Morgan fingerprint density at radius 3 is 2.59 bits per heavy atom. The van der Waals surface area contributed by atoms with E-state index in [2.05, 4.69) is 17.2 Å². The van der Waals surface area contributed by atoms with Crippen LogP contribution in [0.3, 0.4) is 0 Å².